The predicted molar refractivity (Wildman–Crippen MR) is 35.8 cm³/mol. The Hall–Kier alpha value is 0.273. The van der Waals surface area contributed by atoms with Crippen molar-refractivity contribution in [2.75, 3.05) is 0 Å². The van der Waals surface area contributed by atoms with Gasteiger partial charge in [-0.15, -0.1) is 9.24 Å². The van der Waals surface area contributed by atoms with E-state index in [9.17, 15) is 0 Å². The summed E-state index contributed by atoms with van der Waals surface area (Å²) in [6.07, 6.45) is 0. The van der Waals surface area contributed by atoms with Gasteiger partial charge in [0.25, 0.3) is 0 Å². The largest absolute Gasteiger partial charge is 0.106 e. The topological polar surface area (TPSA) is 0 Å². The Morgan fingerprint density at radius 2 is 1.50 bits per heavy atom. The summed E-state index contributed by atoms with van der Waals surface area (Å²) >= 11 is 0. The molecule has 0 fully saturated rings. The summed E-state index contributed by atoms with van der Waals surface area (Å²) in [5.41, 5.74) is 0. The van der Waals surface area contributed by atoms with Crippen LogP contribution in [0.3, 0.4) is 0 Å². The first-order chi connectivity index (χ1) is 3.39. The minimum Gasteiger partial charge on any atom is -0.106 e. The zero-order chi connectivity index (χ0) is 5.11. The Labute approximate surface area is 64.6 Å². The second kappa shape index (κ2) is 4.18. The molecule has 0 aliphatic rings. The molecule has 1 aromatic carbocycles. The molecule has 1 unspecified atom stereocenters. The van der Waals surface area contributed by atoms with Gasteiger partial charge < -0.3 is 0 Å². The fourth-order valence-corrected chi connectivity index (χ4v) is 0.675. The summed E-state index contributed by atoms with van der Waals surface area (Å²) in [7, 11) is 2.63. The summed E-state index contributed by atoms with van der Waals surface area (Å²) in [6, 6.07) is 10.1. The van der Waals surface area contributed by atoms with Gasteiger partial charge in [-0.2, -0.15) is 0 Å². The van der Waals surface area contributed by atoms with Gasteiger partial charge in [-0.25, -0.2) is 0 Å². The van der Waals surface area contributed by atoms with Gasteiger partial charge in [0.2, 0.25) is 0 Å². The summed E-state index contributed by atoms with van der Waals surface area (Å²) in [5.74, 6) is 0. The Bertz CT molecular complexity index is 138. The maximum Gasteiger partial charge on any atom is 0 e. The minimum absolute atomic E-state index is 0. The normalized spacial score (nSPS) is 7.62. The van der Waals surface area contributed by atoms with Gasteiger partial charge in [-0.05, 0) is 5.30 Å². The van der Waals surface area contributed by atoms with Crippen LogP contribution in [0, 0.1) is 0 Å². The van der Waals surface area contributed by atoms with Crippen LogP contribution in [0.4, 0.5) is 0 Å². The van der Waals surface area contributed by atoms with Crippen molar-refractivity contribution in [3.05, 3.63) is 30.3 Å². The quantitative estimate of drug-likeness (QED) is 0.410. The fourth-order valence-electron chi connectivity index (χ4n) is 0.453. The third kappa shape index (κ3) is 2.55. The van der Waals surface area contributed by atoms with E-state index in [1.807, 2.05) is 30.3 Å². The summed E-state index contributed by atoms with van der Waals surface area (Å²) in [5, 5.41) is 1.24. The minimum atomic E-state index is 0. The van der Waals surface area contributed by atoms with E-state index < -0.39 is 0 Å². The van der Waals surface area contributed by atoms with Crippen molar-refractivity contribution in [3.8, 4) is 0 Å². The number of hydrogen-bond donors (Lipinski definition) is 0. The van der Waals surface area contributed by atoms with Crippen LogP contribution in [0.5, 0.6) is 0 Å². The molecule has 0 saturated heterocycles. The maximum atomic E-state index is 2.63. The Morgan fingerprint density at radius 1 is 1.00 bits per heavy atom. The van der Waals surface area contributed by atoms with E-state index in [-0.39, 0.29) is 19.5 Å². The number of hydrogen-bond acceptors (Lipinski definition) is 0. The number of rotatable bonds is 0. The van der Waals surface area contributed by atoms with Crippen molar-refractivity contribution in [1.82, 2.24) is 0 Å². The number of benzene rings is 1. The molecule has 8 heavy (non-hydrogen) atoms. The predicted octanol–water partition coefficient (Wildman–Crippen LogP) is 1.18. The molecule has 0 aliphatic heterocycles. The van der Waals surface area contributed by atoms with Crippen LogP contribution >= 0.6 is 9.24 Å². The van der Waals surface area contributed by atoms with E-state index in [4.69, 9.17) is 0 Å². The molecule has 0 aromatic heterocycles. The molecule has 0 amide bonds. The van der Waals surface area contributed by atoms with E-state index in [0.29, 0.717) is 0 Å². The fraction of sp³-hybridized carbons (Fsp3) is 0. The van der Waals surface area contributed by atoms with Crippen LogP contribution in [0.2, 0.25) is 0 Å². The zero-order valence-corrected chi connectivity index (χ0v) is 8.79. The third-order valence-electron chi connectivity index (χ3n) is 0.800. The molecular formula is C6H7PZn. The van der Waals surface area contributed by atoms with Crippen molar-refractivity contribution in [2.45, 2.75) is 0 Å². The second-order valence-electron chi connectivity index (χ2n) is 1.41. The molecule has 1 rings (SSSR count). The summed E-state index contributed by atoms with van der Waals surface area (Å²) in [6.45, 7) is 0. The standard InChI is InChI=1S/C6H7P.Zn/c7-6-4-2-1-3-5-6;/h1-5H,7H2;. The van der Waals surface area contributed by atoms with Crippen molar-refractivity contribution in [1.29, 1.82) is 0 Å². The van der Waals surface area contributed by atoms with Gasteiger partial charge in [0.1, 0.15) is 0 Å². The smallest absolute Gasteiger partial charge is 0 e. The average Bonchev–Trinajstić information content (AvgIpc) is 1.69. The zero-order valence-electron chi connectivity index (χ0n) is 4.67. The van der Waals surface area contributed by atoms with E-state index in [0.717, 1.165) is 0 Å². The molecule has 0 bridgehead atoms. The molecule has 38 valence electrons. The van der Waals surface area contributed by atoms with Crippen molar-refractivity contribution in [2.24, 2.45) is 0 Å². The molecule has 1 aromatic rings. The molecule has 0 heterocycles. The monoisotopic (exact) mass is 174 g/mol. The maximum absolute atomic E-state index is 2.63. The molecule has 0 N–H and O–H groups in total. The van der Waals surface area contributed by atoms with Gasteiger partial charge in [0, 0.05) is 19.5 Å². The molecule has 2 heteroatoms. The molecule has 0 radical (unpaired) electrons. The van der Waals surface area contributed by atoms with Crippen LogP contribution in [0.25, 0.3) is 0 Å². The summed E-state index contributed by atoms with van der Waals surface area (Å²) in [4.78, 5) is 0. The first-order valence-electron chi connectivity index (χ1n) is 2.20. The first kappa shape index (κ1) is 8.27. The first-order valence-corrected chi connectivity index (χ1v) is 2.78. The van der Waals surface area contributed by atoms with Gasteiger partial charge in [0.05, 0.1) is 0 Å². The van der Waals surface area contributed by atoms with Crippen LogP contribution < -0.4 is 5.30 Å². The third-order valence-corrected chi connectivity index (χ3v) is 1.18. The van der Waals surface area contributed by atoms with E-state index in [1.165, 1.54) is 5.30 Å². The van der Waals surface area contributed by atoms with Gasteiger partial charge >= 0.3 is 0 Å². The van der Waals surface area contributed by atoms with Crippen LogP contribution in [0.15, 0.2) is 30.3 Å². The Kier molecular flexibility index (Phi) is 4.32. The molecule has 0 aliphatic carbocycles. The van der Waals surface area contributed by atoms with Crippen LogP contribution in [0.1, 0.15) is 0 Å². The average molecular weight is 175 g/mol. The van der Waals surface area contributed by atoms with E-state index in [1.54, 1.807) is 0 Å². The molecule has 1 atom stereocenters. The van der Waals surface area contributed by atoms with Crippen molar-refractivity contribution < 1.29 is 19.5 Å². The molecular weight excluding hydrogens is 168 g/mol. The van der Waals surface area contributed by atoms with Gasteiger partial charge in [-0.1, -0.05) is 30.3 Å². The van der Waals surface area contributed by atoms with E-state index >= 15 is 0 Å². The molecule has 0 nitrogen and oxygen atoms in total. The molecule has 0 saturated carbocycles. The Morgan fingerprint density at radius 3 is 1.75 bits per heavy atom. The SMILES string of the molecule is Pc1ccccc1.[Zn]. The van der Waals surface area contributed by atoms with Crippen molar-refractivity contribution >= 4 is 14.5 Å². The summed E-state index contributed by atoms with van der Waals surface area (Å²) < 4.78 is 0. The van der Waals surface area contributed by atoms with E-state index in [2.05, 4.69) is 9.24 Å². The van der Waals surface area contributed by atoms with Crippen molar-refractivity contribution in [3.63, 3.8) is 0 Å². The van der Waals surface area contributed by atoms with Crippen LogP contribution in [-0.2, 0) is 19.5 Å². The second-order valence-corrected chi connectivity index (χ2v) is 2.08. The molecule has 0 spiro atoms. The van der Waals surface area contributed by atoms with Gasteiger partial charge in [0.15, 0.2) is 0 Å². The van der Waals surface area contributed by atoms with Gasteiger partial charge in [-0.3, -0.25) is 0 Å². The van der Waals surface area contributed by atoms with Crippen LogP contribution in [-0.4, -0.2) is 0 Å². The Balaban J connectivity index is 0.000000490.